The molecule has 0 saturated heterocycles. The Morgan fingerprint density at radius 2 is 2.17 bits per heavy atom. The topological polar surface area (TPSA) is 83.3 Å². The van der Waals surface area contributed by atoms with E-state index >= 15 is 0 Å². The largest absolute Gasteiger partial charge is 0.463 e. The van der Waals surface area contributed by atoms with Crippen LogP contribution in [0.1, 0.15) is 28.5 Å². The van der Waals surface area contributed by atoms with Crippen molar-refractivity contribution in [1.82, 2.24) is 15.6 Å². The van der Waals surface area contributed by atoms with Gasteiger partial charge >= 0.3 is 0 Å². The maximum atomic E-state index is 12.0. The number of aryl methyl sites for hydroxylation is 1. The van der Waals surface area contributed by atoms with Gasteiger partial charge in [-0.25, -0.2) is 5.43 Å². The number of aromatic nitrogens is 2. The van der Waals surface area contributed by atoms with E-state index in [1.54, 1.807) is 30.7 Å². The molecule has 0 radical (unpaired) electrons. The van der Waals surface area contributed by atoms with Gasteiger partial charge in [-0.2, -0.15) is 10.2 Å². The standard InChI is InChI=1S/C17H16N4O2/c1-2-12-5-7-13(8-6-12)11-18-21-17(22)15-10-14(19-20-15)16-4-3-9-23-16/h3-11H,2H2,1H3,(H,19,20)(H,21,22)/b18-11+. The Bertz CT molecular complexity index is 802. The third-order valence-electron chi connectivity index (χ3n) is 3.36. The molecule has 2 heterocycles. The lowest BCUT2D eigenvalue weighted by atomic mass is 10.1. The van der Waals surface area contributed by atoms with E-state index in [1.165, 1.54) is 5.56 Å². The number of carbonyl (C=O) groups excluding carboxylic acids is 1. The highest BCUT2D eigenvalue weighted by Gasteiger charge is 2.11. The molecular formula is C17H16N4O2. The second kappa shape index (κ2) is 6.74. The van der Waals surface area contributed by atoms with Gasteiger partial charge < -0.3 is 4.42 Å². The first-order valence-electron chi connectivity index (χ1n) is 7.28. The number of aromatic amines is 1. The first kappa shape index (κ1) is 14.8. The molecule has 1 aromatic carbocycles. The van der Waals surface area contributed by atoms with E-state index in [4.69, 9.17) is 4.42 Å². The van der Waals surface area contributed by atoms with Gasteiger partial charge in [0.1, 0.15) is 5.69 Å². The molecule has 2 aromatic heterocycles. The summed E-state index contributed by atoms with van der Waals surface area (Å²) in [7, 11) is 0. The number of carbonyl (C=O) groups is 1. The van der Waals surface area contributed by atoms with E-state index < -0.39 is 0 Å². The number of H-pyrrole nitrogens is 1. The van der Waals surface area contributed by atoms with Crippen LogP contribution in [0.25, 0.3) is 11.5 Å². The van der Waals surface area contributed by atoms with Crippen LogP contribution in [0, 0.1) is 0 Å². The predicted molar refractivity (Wildman–Crippen MR) is 87.2 cm³/mol. The van der Waals surface area contributed by atoms with Crippen molar-refractivity contribution in [2.75, 3.05) is 0 Å². The zero-order valence-electron chi connectivity index (χ0n) is 12.6. The van der Waals surface area contributed by atoms with Crippen molar-refractivity contribution in [1.29, 1.82) is 0 Å². The molecule has 23 heavy (non-hydrogen) atoms. The van der Waals surface area contributed by atoms with Crippen molar-refractivity contribution in [2.24, 2.45) is 5.10 Å². The molecule has 6 nitrogen and oxygen atoms in total. The Morgan fingerprint density at radius 3 is 2.87 bits per heavy atom. The number of hydrogen-bond donors (Lipinski definition) is 2. The molecule has 0 fully saturated rings. The number of hydrazone groups is 1. The first-order chi connectivity index (χ1) is 11.3. The van der Waals surface area contributed by atoms with Crippen molar-refractivity contribution in [2.45, 2.75) is 13.3 Å². The average Bonchev–Trinajstić information content (AvgIpc) is 3.26. The maximum absolute atomic E-state index is 12.0. The number of hydrogen-bond acceptors (Lipinski definition) is 4. The van der Waals surface area contributed by atoms with E-state index in [2.05, 4.69) is 27.6 Å². The van der Waals surface area contributed by atoms with Crippen LogP contribution in [0.15, 0.2) is 58.2 Å². The van der Waals surface area contributed by atoms with Crippen molar-refractivity contribution in [3.05, 3.63) is 65.5 Å². The molecule has 0 atom stereocenters. The molecule has 3 rings (SSSR count). The van der Waals surface area contributed by atoms with Gasteiger partial charge in [-0.15, -0.1) is 0 Å². The van der Waals surface area contributed by atoms with Crippen LogP contribution in [0.4, 0.5) is 0 Å². The van der Waals surface area contributed by atoms with E-state index in [-0.39, 0.29) is 11.6 Å². The summed E-state index contributed by atoms with van der Waals surface area (Å²) in [5.74, 6) is 0.233. The lowest BCUT2D eigenvalue weighted by molar-refractivity contribution is 0.0950. The predicted octanol–water partition coefficient (Wildman–Crippen LogP) is 3.00. The maximum Gasteiger partial charge on any atom is 0.291 e. The van der Waals surface area contributed by atoms with Crippen LogP contribution in [0.3, 0.4) is 0 Å². The van der Waals surface area contributed by atoms with Gasteiger partial charge in [0.05, 0.1) is 12.5 Å². The SMILES string of the molecule is CCc1ccc(/C=N/NC(=O)c2cc(-c3ccco3)[nH]n2)cc1. The van der Waals surface area contributed by atoms with Crippen LogP contribution in [-0.4, -0.2) is 22.3 Å². The molecule has 0 bridgehead atoms. The molecule has 0 aliphatic heterocycles. The highest BCUT2D eigenvalue weighted by molar-refractivity contribution is 5.93. The number of rotatable bonds is 5. The minimum atomic E-state index is -0.388. The fraction of sp³-hybridized carbons (Fsp3) is 0.118. The molecule has 6 heteroatoms. The number of furan rings is 1. The van der Waals surface area contributed by atoms with Gasteiger partial charge in [0.2, 0.25) is 0 Å². The lowest BCUT2D eigenvalue weighted by Gasteiger charge is -1.97. The van der Waals surface area contributed by atoms with Crippen LogP contribution in [0.2, 0.25) is 0 Å². The fourth-order valence-corrected chi connectivity index (χ4v) is 2.06. The summed E-state index contributed by atoms with van der Waals surface area (Å²) >= 11 is 0. The minimum absolute atomic E-state index is 0.245. The first-order valence-corrected chi connectivity index (χ1v) is 7.28. The number of benzene rings is 1. The monoisotopic (exact) mass is 308 g/mol. The van der Waals surface area contributed by atoms with Gasteiger partial charge in [-0.3, -0.25) is 9.89 Å². The Morgan fingerprint density at radius 1 is 1.35 bits per heavy atom. The summed E-state index contributed by atoms with van der Waals surface area (Å²) in [5, 5.41) is 10.6. The van der Waals surface area contributed by atoms with Gasteiger partial charge in [0, 0.05) is 6.07 Å². The summed E-state index contributed by atoms with van der Waals surface area (Å²) in [6.45, 7) is 2.10. The second-order valence-electron chi connectivity index (χ2n) is 4.94. The molecule has 2 N–H and O–H groups in total. The fourth-order valence-electron chi connectivity index (χ4n) is 2.06. The third kappa shape index (κ3) is 3.55. The summed E-state index contributed by atoms with van der Waals surface area (Å²) in [5.41, 5.74) is 5.51. The van der Waals surface area contributed by atoms with Crippen LogP contribution in [0.5, 0.6) is 0 Å². The second-order valence-corrected chi connectivity index (χ2v) is 4.94. The molecule has 0 saturated carbocycles. The summed E-state index contributed by atoms with van der Waals surface area (Å²) < 4.78 is 5.24. The van der Waals surface area contributed by atoms with Crippen molar-refractivity contribution in [3.8, 4) is 11.5 Å². The summed E-state index contributed by atoms with van der Waals surface area (Å²) in [6.07, 6.45) is 4.15. The van der Waals surface area contributed by atoms with Crippen molar-refractivity contribution in [3.63, 3.8) is 0 Å². The number of amides is 1. The Hall–Kier alpha value is -3.15. The van der Waals surface area contributed by atoms with Crippen LogP contribution in [-0.2, 0) is 6.42 Å². The molecule has 0 unspecified atom stereocenters. The molecular weight excluding hydrogens is 292 g/mol. The molecule has 116 valence electrons. The normalized spacial score (nSPS) is 11.0. The van der Waals surface area contributed by atoms with Gasteiger partial charge in [0.25, 0.3) is 5.91 Å². The third-order valence-corrected chi connectivity index (χ3v) is 3.36. The van der Waals surface area contributed by atoms with Gasteiger partial charge in [-0.05, 0) is 29.7 Å². The van der Waals surface area contributed by atoms with E-state index in [0.717, 1.165) is 12.0 Å². The van der Waals surface area contributed by atoms with E-state index in [0.29, 0.717) is 11.5 Å². The molecule has 0 aliphatic rings. The molecule has 3 aromatic rings. The zero-order valence-corrected chi connectivity index (χ0v) is 12.6. The Balaban J connectivity index is 1.61. The molecule has 0 aliphatic carbocycles. The van der Waals surface area contributed by atoms with E-state index in [9.17, 15) is 4.79 Å². The average molecular weight is 308 g/mol. The van der Waals surface area contributed by atoms with E-state index in [1.807, 2.05) is 24.3 Å². The quantitative estimate of drug-likeness (QED) is 0.561. The lowest BCUT2D eigenvalue weighted by Crippen LogP contribution is -2.17. The summed E-state index contributed by atoms with van der Waals surface area (Å²) in [6, 6.07) is 13.1. The van der Waals surface area contributed by atoms with Crippen molar-refractivity contribution < 1.29 is 9.21 Å². The zero-order chi connectivity index (χ0) is 16.1. The van der Waals surface area contributed by atoms with Crippen LogP contribution < -0.4 is 5.43 Å². The van der Waals surface area contributed by atoms with Gasteiger partial charge in [-0.1, -0.05) is 31.2 Å². The number of nitrogens with zero attached hydrogens (tertiary/aromatic N) is 2. The smallest absolute Gasteiger partial charge is 0.291 e. The highest BCUT2D eigenvalue weighted by atomic mass is 16.3. The Kier molecular flexibility index (Phi) is 4.33. The Labute approximate surface area is 133 Å². The van der Waals surface area contributed by atoms with Crippen molar-refractivity contribution >= 4 is 12.1 Å². The highest BCUT2D eigenvalue weighted by Crippen LogP contribution is 2.17. The molecule has 0 spiro atoms. The number of nitrogens with one attached hydrogen (secondary N) is 2. The molecule has 1 amide bonds. The van der Waals surface area contributed by atoms with Crippen LogP contribution >= 0.6 is 0 Å². The minimum Gasteiger partial charge on any atom is -0.463 e. The summed E-state index contributed by atoms with van der Waals surface area (Å²) in [4.78, 5) is 12.0. The van der Waals surface area contributed by atoms with Gasteiger partial charge in [0.15, 0.2) is 11.5 Å².